The minimum Gasteiger partial charge on any atom is -0.369 e. The Labute approximate surface area is 135 Å². The van der Waals surface area contributed by atoms with Crippen LogP contribution in [0.15, 0.2) is 42.5 Å². The Kier molecular flexibility index (Phi) is 4.39. The third-order valence-electron chi connectivity index (χ3n) is 3.99. The summed E-state index contributed by atoms with van der Waals surface area (Å²) >= 11 is 12.5. The molecule has 0 radical (unpaired) electrons. The van der Waals surface area contributed by atoms with Crippen LogP contribution in [0.3, 0.4) is 0 Å². The largest absolute Gasteiger partial charge is 0.369 e. The van der Waals surface area contributed by atoms with Crippen LogP contribution < -0.4 is 4.90 Å². The van der Waals surface area contributed by atoms with Crippen LogP contribution in [0.25, 0.3) is 11.1 Å². The zero-order valence-electron chi connectivity index (χ0n) is 12.0. The summed E-state index contributed by atoms with van der Waals surface area (Å²) in [4.78, 5) is 4.77. The first kappa shape index (κ1) is 14.7. The molecule has 1 heterocycles. The summed E-state index contributed by atoms with van der Waals surface area (Å²) in [6, 6.07) is 14.1. The Bertz CT molecular complexity index is 597. The molecular formula is C17H18Cl2N2. The lowest BCUT2D eigenvalue weighted by Crippen LogP contribution is -2.44. The van der Waals surface area contributed by atoms with Crippen LogP contribution in [0.4, 0.5) is 5.69 Å². The second-order valence-corrected chi connectivity index (χ2v) is 6.25. The molecular weight excluding hydrogens is 303 g/mol. The Morgan fingerprint density at radius 2 is 1.38 bits per heavy atom. The predicted octanol–water partition coefficient (Wildman–Crippen LogP) is 4.41. The first-order chi connectivity index (χ1) is 10.1. The van der Waals surface area contributed by atoms with Crippen molar-refractivity contribution in [3.8, 4) is 11.1 Å². The van der Waals surface area contributed by atoms with Crippen molar-refractivity contribution in [2.75, 3.05) is 38.1 Å². The van der Waals surface area contributed by atoms with Crippen LogP contribution in [0.5, 0.6) is 0 Å². The fourth-order valence-corrected chi connectivity index (χ4v) is 3.29. The summed E-state index contributed by atoms with van der Waals surface area (Å²) in [5, 5.41) is 1.38. The van der Waals surface area contributed by atoms with Gasteiger partial charge in [-0.25, -0.2) is 0 Å². The normalized spacial score (nSPS) is 16.2. The quantitative estimate of drug-likeness (QED) is 0.808. The average molecular weight is 321 g/mol. The lowest BCUT2D eigenvalue weighted by Gasteiger charge is -2.34. The maximum Gasteiger partial charge on any atom is 0.0499 e. The highest BCUT2D eigenvalue weighted by Crippen LogP contribution is 2.35. The van der Waals surface area contributed by atoms with Gasteiger partial charge in [-0.15, -0.1) is 0 Å². The summed E-state index contributed by atoms with van der Waals surface area (Å²) in [6.07, 6.45) is 0. The van der Waals surface area contributed by atoms with Crippen molar-refractivity contribution >= 4 is 28.9 Å². The van der Waals surface area contributed by atoms with Gasteiger partial charge in [0.25, 0.3) is 0 Å². The van der Waals surface area contributed by atoms with E-state index in [1.807, 2.05) is 18.2 Å². The lowest BCUT2D eigenvalue weighted by atomic mass is 10.0. The van der Waals surface area contributed by atoms with Gasteiger partial charge in [-0.05, 0) is 36.9 Å². The van der Waals surface area contributed by atoms with Crippen LogP contribution >= 0.6 is 23.2 Å². The molecule has 0 bridgehead atoms. The average Bonchev–Trinajstić information content (AvgIpc) is 2.49. The van der Waals surface area contributed by atoms with Crippen molar-refractivity contribution in [1.29, 1.82) is 0 Å². The van der Waals surface area contributed by atoms with Crippen LogP contribution in [0, 0.1) is 0 Å². The van der Waals surface area contributed by atoms with Gasteiger partial charge in [0.2, 0.25) is 0 Å². The topological polar surface area (TPSA) is 6.48 Å². The SMILES string of the molecule is CN1CCN(c2ccc(-c3c(Cl)cccc3Cl)cc2)CC1. The molecule has 0 aromatic heterocycles. The molecule has 21 heavy (non-hydrogen) atoms. The molecule has 0 N–H and O–H groups in total. The standard InChI is InChI=1S/C17H18Cl2N2/c1-20-9-11-21(12-10-20)14-7-5-13(6-8-14)17-15(18)3-2-4-16(17)19/h2-8H,9-12H2,1H3. The molecule has 2 aromatic carbocycles. The van der Waals surface area contributed by atoms with Gasteiger partial charge in [0, 0.05) is 47.5 Å². The van der Waals surface area contributed by atoms with Gasteiger partial charge >= 0.3 is 0 Å². The third-order valence-corrected chi connectivity index (χ3v) is 4.62. The number of hydrogen-bond donors (Lipinski definition) is 0. The molecule has 3 rings (SSSR count). The Morgan fingerprint density at radius 1 is 0.810 bits per heavy atom. The number of benzene rings is 2. The summed E-state index contributed by atoms with van der Waals surface area (Å²) in [5.41, 5.74) is 3.23. The fraction of sp³-hybridized carbons (Fsp3) is 0.294. The van der Waals surface area contributed by atoms with E-state index < -0.39 is 0 Å². The number of hydrogen-bond acceptors (Lipinski definition) is 2. The molecule has 2 aromatic rings. The lowest BCUT2D eigenvalue weighted by molar-refractivity contribution is 0.313. The maximum absolute atomic E-state index is 6.27. The smallest absolute Gasteiger partial charge is 0.0499 e. The number of likely N-dealkylation sites (N-methyl/N-ethyl adjacent to an activating group) is 1. The number of nitrogens with zero attached hydrogens (tertiary/aromatic N) is 2. The van der Waals surface area contributed by atoms with Crippen molar-refractivity contribution in [3.05, 3.63) is 52.5 Å². The molecule has 0 aliphatic carbocycles. The van der Waals surface area contributed by atoms with Gasteiger partial charge in [0.05, 0.1) is 0 Å². The van der Waals surface area contributed by atoms with E-state index in [1.165, 1.54) is 5.69 Å². The molecule has 1 aliphatic rings. The molecule has 0 saturated carbocycles. The van der Waals surface area contributed by atoms with Crippen LogP contribution in [-0.4, -0.2) is 38.1 Å². The molecule has 0 amide bonds. The van der Waals surface area contributed by atoms with E-state index in [1.54, 1.807) is 0 Å². The van der Waals surface area contributed by atoms with Crippen LogP contribution in [0.1, 0.15) is 0 Å². The first-order valence-electron chi connectivity index (χ1n) is 7.13. The maximum atomic E-state index is 6.27. The minimum atomic E-state index is 0.690. The fourth-order valence-electron chi connectivity index (χ4n) is 2.68. The molecule has 0 spiro atoms. The highest BCUT2D eigenvalue weighted by atomic mass is 35.5. The molecule has 1 aliphatic heterocycles. The summed E-state index contributed by atoms with van der Waals surface area (Å²) in [6.45, 7) is 4.36. The zero-order valence-corrected chi connectivity index (χ0v) is 13.5. The number of piperazine rings is 1. The third kappa shape index (κ3) is 3.18. The zero-order chi connectivity index (χ0) is 14.8. The summed E-state index contributed by atoms with van der Waals surface area (Å²) in [5.74, 6) is 0. The van der Waals surface area contributed by atoms with E-state index >= 15 is 0 Å². The van der Waals surface area contributed by atoms with E-state index in [0.29, 0.717) is 10.0 Å². The molecule has 110 valence electrons. The van der Waals surface area contributed by atoms with Gasteiger partial charge in [0.1, 0.15) is 0 Å². The van der Waals surface area contributed by atoms with Gasteiger partial charge < -0.3 is 9.80 Å². The van der Waals surface area contributed by atoms with Gasteiger partial charge in [0.15, 0.2) is 0 Å². The second-order valence-electron chi connectivity index (χ2n) is 5.43. The number of rotatable bonds is 2. The predicted molar refractivity (Wildman–Crippen MR) is 91.6 cm³/mol. The Balaban J connectivity index is 1.84. The van der Waals surface area contributed by atoms with Gasteiger partial charge in [-0.3, -0.25) is 0 Å². The van der Waals surface area contributed by atoms with E-state index in [9.17, 15) is 0 Å². The van der Waals surface area contributed by atoms with E-state index in [2.05, 4.69) is 41.1 Å². The van der Waals surface area contributed by atoms with E-state index in [-0.39, 0.29) is 0 Å². The Morgan fingerprint density at radius 3 is 1.95 bits per heavy atom. The molecule has 1 fully saturated rings. The van der Waals surface area contributed by atoms with Gasteiger partial charge in [-0.1, -0.05) is 41.4 Å². The minimum absolute atomic E-state index is 0.690. The van der Waals surface area contributed by atoms with E-state index in [4.69, 9.17) is 23.2 Å². The number of halogens is 2. The van der Waals surface area contributed by atoms with Crippen molar-refractivity contribution in [1.82, 2.24) is 4.90 Å². The molecule has 2 nitrogen and oxygen atoms in total. The first-order valence-corrected chi connectivity index (χ1v) is 7.89. The van der Waals surface area contributed by atoms with Crippen molar-refractivity contribution in [2.24, 2.45) is 0 Å². The highest BCUT2D eigenvalue weighted by Gasteiger charge is 2.14. The Hall–Kier alpha value is -1.22. The van der Waals surface area contributed by atoms with Crippen molar-refractivity contribution in [2.45, 2.75) is 0 Å². The summed E-state index contributed by atoms with van der Waals surface area (Å²) in [7, 11) is 2.17. The van der Waals surface area contributed by atoms with Crippen LogP contribution in [-0.2, 0) is 0 Å². The van der Waals surface area contributed by atoms with Crippen molar-refractivity contribution in [3.63, 3.8) is 0 Å². The molecule has 1 saturated heterocycles. The number of anilines is 1. The van der Waals surface area contributed by atoms with E-state index in [0.717, 1.165) is 37.3 Å². The highest BCUT2D eigenvalue weighted by molar-refractivity contribution is 6.39. The summed E-state index contributed by atoms with van der Waals surface area (Å²) < 4.78 is 0. The van der Waals surface area contributed by atoms with Gasteiger partial charge in [-0.2, -0.15) is 0 Å². The van der Waals surface area contributed by atoms with Crippen molar-refractivity contribution < 1.29 is 0 Å². The second kappa shape index (κ2) is 6.27. The molecule has 4 heteroatoms. The molecule has 0 atom stereocenters. The van der Waals surface area contributed by atoms with Crippen LogP contribution in [0.2, 0.25) is 10.0 Å². The monoisotopic (exact) mass is 320 g/mol. The molecule has 0 unspecified atom stereocenters.